The summed E-state index contributed by atoms with van der Waals surface area (Å²) < 4.78 is 10.9. The van der Waals surface area contributed by atoms with Gasteiger partial charge >= 0.3 is 0 Å². The highest BCUT2D eigenvalue weighted by Gasteiger charge is 2.46. The third-order valence-corrected chi connectivity index (χ3v) is 4.91. The minimum Gasteiger partial charge on any atom is -0.507 e. The number of amides is 1. The van der Waals surface area contributed by atoms with Crippen LogP contribution in [-0.2, 0) is 16.1 Å². The first-order chi connectivity index (χ1) is 14.6. The van der Waals surface area contributed by atoms with Crippen molar-refractivity contribution in [2.24, 2.45) is 0 Å². The van der Waals surface area contributed by atoms with E-state index < -0.39 is 17.7 Å². The number of carbonyl (C=O) groups excluding carboxylic acids is 2. The molecular weight excluding hydrogens is 384 g/mol. The van der Waals surface area contributed by atoms with Crippen LogP contribution in [0.2, 0.25) is 0 Å². The van der Waals surface area contributed by atoms with E-state index in [0.717, 1.165) is 0 Å². The Bertz CT molecular complexity index is 1070. The van der Waals surface area contributed by atoms with Crippen LogP contribution in [0.5, 0.6) is 5.75 Å². The molecule has 0 saturated carbocycles. The molecule has 3 aromatic rings. The smallest absolute Gasteiger partial charge is 0.296 e. The van der Waals surface area contributed by atoms with Gasteiger partial charge in [0.05, 0.1) is 31.0 Å². The van der Waals surface area contributed by atoms with Crippen LogP contribution in [0, 0.1) is 0 Å². The number of hydrogen-bond donors (Lipinski definition) is 1. The molecule has 1 fully saturated rings. The molecule has 3 heterocycles. The Balaban J connectivity index is 1.82. The monoisotopic (exact) mass is 404 g/mol. The Labute approximate surface area is 173 Å². The highest BCUT2D eigenvalue weighted by Crippen LogP contribution is 2.40. The topological polar surface area (TPSA) is 92.9 Å². The van der Waals surface area contributed by atoms with Crippen LogP contribution >= 0.6 is 0 Å². The van der Waals surface area contributed by atoms with Crippen molar-refractivity contribution >= 4 is 17.4 Å². The van der Waals surface area contributed by atoms with Crippen LogP contribution in [0.15, 0.2) is 77.2 Å². The number of benzene rings is 1. The highest BCUT2D eigenvalue weighted by atomic mass is 16.5. The zero-order valence-electron chi connectivity index (χ0n) is 16.3. The normalized spacial score (nSPS) is 18.0. The summed E-state index contributed by atoms with van der Waals surface area (Å²) in [5.41, 5.74) is 1.12. The maximum atomic E-state index is 12.9. The van der Waals surface area contributed by atoms with Gasteiger partial charge in [-0.3, -0.25) is 14.6 Å². The summed E-state index contributed by atoms with van der Waals surface area (Å²) >= 11 is 0. The first-order valence-electron chi connectivity index (χ1n) is 9.54. The number of rotatable bonds is 6. The number of ether oxygens (including phenoxy) is 1. The van der Waals surface area contributed by atoms with Gasteiger partial charge in [-0.2, -0.15) is 0 Å². The maximum absolute atomic E-state index is 12.9. The molecule has 7 heteroatoms. The zero-order valence-corrected chi connectivity index (χ0v) is 16.3. The summed E-state index contributed by atoms with van der Waals surface area (Å²) in [4.78, 5) is 31.2. The third-order valence-electron chi connectivity index (χ3n) is 4.91. The molecule has 1 saturated heterocycles. The SMILES string of the molecule is CCOc1ccc(C2/C(=C(/O)c3ccncc3)C(=O)C(=O)N2Cc2ccco2)cc1. The number of carbonyl (C=O) groups is 2. The Hall–Kier alpha value is -3.87. The van der Waals surface area contributed by atoms with Gasteiger partial charge in [-0.25, -0.2) is 0 Å². The highest BCUT2D eigenvalue weighted by molar-refractivity contribution is 6.46. The second kappa shape index (κ2) is 8.24. The molecule has 1 amide bonds. The van der Waals surface area contributed by atoms with Gasteiger partial charge in [-0.15, -0.1) is 0 Å². The van der Waals surface area contributed by atoms with E-state index in [-0.39, 0.29) is 17.9 Å². The van der Waals surface area contributed by atoms with Crippen molar-refractivity contribution in [2.45, 2.75) is 19.5 Å². The number of ketones is 1. The summed E-state index contributed by atoms with van der Waals surface area (Å²) in [6.45, 7) is 2.52. The molecule has 0 spiro atoms. The maximum Gasteiger partial charge on any atom is 0.296 e. The van der Waals surface area contributed by atoms with Gasteiger partial charge in [0.1, 0.15) is 17.3 Å². The van der Waals surface area contributed by atoms with Crippen LogP contribution in [0.1, 0.15) is 29.9 Å². The molecule has 0 bridgehead atoms. The number of aromatic nitrogens is 1. The molecule has 1 unspecified atom stereocenters. The van der Waals surface area contributed by atoms with Crippen molar-refractivity contribution in [1.29, 1.82) is 0 Å². The fourth-order valence-corrected chi connectivity index (χ4v) is 3.54. The minimum absolute atomic E-state index is 0.0296. The number of aliphatic hydroxyl groups is 1. The Morgan fingerprint density at radius 3 is 2.50 bits per heavy atom. The molecule has 0 radical (unpaired) electrons. The van der Waals surface area contributed by atoms with Crippen molar-refractivity contribution in [1.82, 2.24) is 9.88 Å². The van der Waals surface area contributed by atoms with E-state index in [1.165, 1.54) is 23.6 Å². The standard InChI is InChI=1S/C23H20N2O5/c1-2-29-17-7-5-15(6-8-17)20-19(21(26)16-9-11-24-12-10-16)22(27)23(28)25(20)14-18-4-3-13-30-18/h3-13,20,26H,2,14H2,1H3/b21-19-. The predicted molar refractivity (Wildman–Crippen MR) is 108 cm³/mol. The fourth-order valence-electron chi connectivity index (χ4n) is 3.54. The second-order valence-electron chi connectivity index (χ2n) is 6.74. The number of hydrogen-bond acceptors (Lipinski definition) is 6. The van der Waals surface area contributed by atoms with Crippen molar-refractivity contribution in [3.63, 3.8) is 0 Å². The van der Waals surface area contributed by atoms with Crippen LogP contribution in [0.3, 0.4) is 0 Å². The number of Topliss-reactive ketones (excluding diaryl/α,β-unsaturated/α-hetero) is 1. The molecule has 1 aliphatic heterocycles. The molecule has 1 aliphatic rings. The summed E-state index contributed by atoms with van der Waals surface area (Å²) in [6.07, 6.45) is 4.54. The van der Waals surface area contributed by atoms with Gasteiger partial charge in [0.15, 0.2) is 0 Å². The van der Waals surface area contributed by atoms with Crippen LogP contribution in [-0.4, -0.2) is 33.3 Å². The number of nitrogens with zero attached hydrogens (tertiary/aromatic N) is 2. The molecule has 7 nitrogen and oxygen atoms in total. The van der Waals surface area contributed by atoms with E-state index in [1.54, 1.807) is 48.5 Å². The average Bonchev–Trinajstić information content (AvgIpc) is 3.37. The Morgan fingerprint density at radius 2 is 1.87 bits per heavy atom. The Morgan fingerprint density at radius 1 is 1.13 bits per heavy atom. The molecule has 2 aromatic heterocycles. The van der Waals surface area contributed by atoms with Gasteiger partial charge < -0.3 is 19.2 Å². The average molecular weight is 404 g/mol. The van der Waals surface area contributed by atoms with Crippen molar-refractivity contribution < 1.29 is 23.8 Å². The van der Waals surface area contributed by atoms with Gasteiger partial charge in [0.2, 0.25) is 0 Å². The minimum atomic E-state index is -0.765. The molecule has 1 atom stereocenters. The predicted octanol–water partition coefficient (Wildman–Crippen LogP) is 3.70. The van der Waals surface area contributed by atoms with Crippen molar-refractivity contribution in [3.05, 3.63) is 89.6 Å². The molecule has 4 rings (SSSR count). The lowest BCUT2D eigenvalue weighted by atomic mass is 9.95. The zero-order chi connectivity index (χ0) is 21.1. The van der Waals surface area contributed by atoms with Gasteiger partial charge in [-0.1, -0.05) is 12.1 Å². The van der Waals surface area contributed by atoms with E-state index in [1.807, 2.05) is 6.92 Å². The Kier molecular flexibility index (Phi) is 5.34. The van der Waals surface area contributed by atoms with Crippen LogP contribution in [0.25, 0.3) is 5.76 Å². The second-order valence-corrected chi connectivity index (χ2v) is 6.74. The third kappa shape index (κ3) is 3.57. The number of aliphatic hydroxyl groups excluding tert-OH is 1. The lowest BCUT2D eigenvalue weighted by Gasteiger charge is -2.24. The fraction of sp³-hybridized carbons (Fsp3) is 0.174. The molecular formula is C23H20N2O5. The molecule has 30 heavy (non-hydrogen) atoms. The number of pyridine rings is 1. The lowest BCUT2D eigenvalue weighted by Crippen LogP contribution is -2.29. The van der Waals surface area contributed by atoms with E-state index in [4.69, 9.17) is 9.15 Å². The van der Waals surface area contributed by atoms with E-state index in [0.29, 0.717) is 29.2 Å². The van der Waals surface area contributed by atoms with Gasteiger partial charge in [0, 0.05) is 18.0 Å². The first-order valence-corrected chi connectivity index (χ1v) is 9.54. The van der Waals surface area contributed by atoms with Crippen LogP contribution < -0.4 is 4.74 Å². The van der Waals surface area contributed by atoms with E-state index in [2.05, 4.69) is 4.98 Å². The summed E-state index contributed by atoms with van der Waals surface area (Å²) in [5, 5.41) is 10.9. The molecule has 0 aliphatic carbocycles. The summed E-state index contributed by atoms with van der Waals surface area (Å²) in [7, 11) is 0. The van der Waals surface area contributed by atoms with Crippen molar-refractivity contribution in [2.75, 3.05) is 6.61 Å². The summed E-state index contributed by atoms with van der Waals surface area (Å²) in [6, 6.07) is 13.0. The van der Waals surface area contributed by atoms with E-state index in [9.17, 15) is 14.7 Å². The van der Waals surface area contributed by atoms with Gasteiger partial charge in [-0.05, 0) is 48.9 Å². The largest absolute Gasteiger partial charge is 0.507 e. The van der Waals surface area contributed by atoms with Crippen molar-refractivity contribution in [3.8, 4) is 5.75 Å². The van der Waals surface area contributed by atoms with Gasteiger partial charge in [0.25, 0.3) is 11.7 Å². The molecule has 1 aromatic carbocycles. The quantitative estimate of drug-likeness (QED) is 0.383. The number of likely N-dealkylation sites (tertiary alicyclic amines) is 1. The number of furan rings is 1. The first kappa shape index (κ1) is 19.4. The van der Waals surface area contributed by atoms with Crippen LogP contribution in [0.4, 0.5) is 0 Å². The van der Waals surface area contributed by atoms with E-state index >= 15 is 0 Å². The lowest BCUT2D eigenvalue weighted by molar-refractivity contribution is -0.140. The summed E-state index contributed by atoms with van der Waals surface area (Å²) in [5.74, 6) is -0.456. The molecule has 1 N–H and O–H groups in total. The molecule has 152 valence electrons.